The molecule has 2 rings (SSSR count). The van der Waals surface area contributed by atoms with Crippen molar-refractivity contribution < 1.29 is 21.6 Å². The van der Waals surface area contributed by atoms with Crippen molar-refractivity contribution in [2.24, 2.45) is 5.92 Å². The molecule has 0 saturated carbocycles. The van der Waals surface area contributed by atoms with Gasteiger partial charge in [-0.15, -0.1) is 0 Å². The van der Waals surface area contributed by atoms with Crippen molar-refractivity contribution in [3.63, 3.8) is 0 Å². The Balaban J connectivity index is 2.55. The summed E-state index contributed by atoms with van der Waals surface area (Å²) in [6, 6.07) is 2.80. The van der Waals surface area contributed by atoms with Crippen LogP contribution < -0.4 is 4.72 Å². The van der Waals surface area contributed by atoms with Gasteiger partial charge < -0.3 is 0 Å². The van der Waals surface area contributed by atoms with Gasteiger partial charge in [-0.3, -0.25) is 0 Å². The summed E-state index contributed by atoms with van der Waals surface area (Å²) in [5.41, 5.74) is -0.565. The highest BCUT2D eigenvalue weighted by Gasteiger charge is 2.33. The van der Waals surface area contributed by atoms with Crippen LogP contribution in [-0.2, 0) is 22.6 Å². The predicted octanol–water partition coefficient (Wildman–Crippen LogP) is 2.57. The number of alkyl halides is 3. The second-order valence-corrected chi connectivity index (χ2v) is 6.39. The molecule has 0 radical (unpaired) electrons. The van der Waals surface area contributed by atoms with Crippen LogP contribution in [0.3, 0.4) is 0 Å². The fraction of sp³-hybridized carbons (Fsp3) is 0.500. The number of halogens is 3. The van der Waals surface area contributed by atoms with E-state index in [0.29, 0.717) is 12.8 Å². The van der Waals surface area contributed by atoms with Crippen LogP contribution in [-0.4, -0.2) is 15.0 Å². The fourth-order valence-corrected chi connectivity index (χ4v) is 3.50. The summed E-state index contributed by atoms with van der Waals surface area (Å²) in [6.07, 6.45) is -3.42. The molecule has 3 nitrogen and oxygen atoms in total. The summed E-state index contributed by atoms with van der Waals surface area (Å²) in [6.45, 7) is 2.15. The van der Waals surface area contributed by atoms with Crippen LogP contribution >= 0.6 is 0 Å². The van der Waals surface area contributed by atoms with E-state index in [1.807, 2.05) is 6.92 Å². The molecule has 19 heavy (non-hydrogen) atoms. The zero-order valence-corrected chi connectivity index (χ0v) is 11.1. The molecule has 0 aliphatic carbocycles. The standard InChI is InChI=1S/C12H14F3NO2S/c1-2-8-5-9-6-10(12(13,14)15)3-4-11(9)19(17,18)16-7-8/h3-4,6,8,16H,2,5,7H2,1H3/t8-/m0/s1. The van der Waals surface area contributed by atoms with Crippen LogP contribution in [0.2, 0.25) is 0 Å². The van der Waals surface area contributed by atoms with Gasteiger partial charge in [0.05, 0.1) is 10.5 Å². The maximum atomic E-state index is 12.7. The number of sulfonamides is 1. The molecule has 106 valence electrons. The van der Waals surface area contributed by atoms with Gasteiger partial charge >= 0.3 is 6.18 Å². The van der Waals surface area contributed by atoms with Gasteiger partial charge in [0, 0.05) is 6.54 Å². The van der Waals surface area contributed by atoms with Crippen LogP contribution in [0.4, 0.5) is 13.2 Å². The van der Waals surface area contributed by atoms with Crippen molar-refractivity contribution in [1.82, 2.24) is 4.72 Å². The van der Waals surface area contributed by atoms with E-state index in [4.69, 9.17) is 0 Å². The first-order chi connectivity index (χ1) is 8.74. The molecule has 0 saturated heterocycles. The Hall–Kier alpha value is -1.08. The van der Waals surface area contributed by atoms with Crippen molar-refractivity contribution in [2.45, 2.75) is 30.8 Å². The maximum absolute atomic E-state index is 12.7. The van der Waals surface area contributed by atoms with Gasteiger partial charge in [0.25, 0.3) is 0 Å². The molecule has 7 heteroatoms. The van der Waals surface area contributed by atoms with E-state index < -0.39 is 21.8 Å². The monoisotopic (exact) mass is 293 g/mol. The van der Waals surface area contributed by atoms with Crippen molar-refractivity contribution in [3.8, 4) is 0 Å². The highest BCUT2D eigenvalue weighted by atomic mass is 32.2. The molecule has 1 atom stereocenters. The molecule has 1 aliphatic rings. The normalized spacial score (nSPS) is 22.6. The first kappa shape index (κ1) is 14.3. The van der Waals surface area contributed by atoms with Gasteiger partial charge in [0.15, 0.2) is 0 Å². The second-order valence-electron chi connectivity index (χ2n) is 4.65. The summed E-state index contributed by atoms with van der Waals surface area (Å²) < 4.78 is 64.3. The number of rotatable bonds is 1. The topological polar surface area (TPSA) is 46.2 Å². The first-order valence-corrected chi connectivity index (χ1v) is 7.42. The number of hydrogen-bond donors (Lipinski definition) is 1. The van der Waals surface area contributed by atoms with Crippen LogP contribution in [0.5, 0.6) is 0 Å². The lowest BCUT2D eigenvalue weighted by Crippen LogP contribution is -2.26. The fourth-order valence-electron chi connectivity index (χ4n) is 2.15. The summed E-state index contributed by atoms with van der Waals surface area (Å²) >= 11 is 0. The molecule has 1 aromatic rings. The van der Waals surface area contributed by atoms with Gasteiger partial charge in [0.1, 0.15) is 0 Å². The highest BCUT2D eigenvalue weighted by molar-refractivity contribution is 7.89. The van der Waals surface area contributed by atoms with Gasteiger partial charge in [-0.1, -0.05) is 13.3 Å². The van der Waals surface area contributed by atoms with Crippen LogP contribution in [0.25, 0.3) is 0 Å². The second kappa shape index (κ2) is 4.79. The van der Waals surface area contributed by atoms with Gasteiger partial charge in [0.2, 0.25) is 10.0 Å². The van der Waals surface area contributed by atoms with Crippen molar-refractivity contribution in [2.75, 3.05) is 6.54 Å². The smallest absolute Gasteiger partial charge is 0.211 e. The zero-order valence-electron chi connectivity index (χ0n) is 10.3. The van der Waals surface area contributed by atoms with E-state index in [0.717, 1.165) is 18.2 Å². The molecule has 0 spiro atoms. The van der Waals surface area contributed by atoms with Crippen LogP contribution in [0.15, 0.2) is 23.1 Å². The molecule has 1 heterocycles. The Morgan fingerprint density at radius 3 is 2.63 bits per heavy atom. The van der Waals surface area contributed by atoms with E-state index in [2.05, 4.69) is 4.72 Å². The zero-order chi connectivity index (χ0) is 14.3. The molecule has 0 fully saturated rings. The minimum atomic E-state index is -4.46. The van der Waals surface area contributed by atoms with Gasteiger partial charge in [-0.2, -0.15) is 13.2 Å². The molecule has 0 unspecified atom stereocenters. The summed E-state index contributed by atoms with van der Waals surface area (Å²) in [5, 5.41) is 0. The quantitative estimate of drug-likeness (QED) is 0.865. The maximum Gasteiger partial charge on any atom is 0.416 e. The van der Waals surface area contributed by atoms with Crippen LogP contribution in [0.1, 0.15) is 24.5 Å². The Labute approximate surface area is 109 Å². The Bertz CT molecular complexity index is 581. The number of nitrogens with one attached hydrogen (secondary N) is 1. The lowest BCUT2D eigenvalue weighted by molar-refractivity contribution is -0.137. The Morgan fingerprint density at radius 1 is 1.37 bits per heavy atom. The third kappa shape index (κ3) is 2.92. The molecule has 1 aliphatic heterocycles. The lowest BCUT2D eigenvalue weighted by Gasteiger charge is -2.12. The molecule has 0 amide bonds. The number of benzene rings is 1. The Morgan fingerprint density at radius 2 is 2.05 bits per heavy atom. The van der Waals surface area contributed by atoms with Crippen molar-refractivity contribution in [1.29, 1.82) is 0 Å². The molecule has 1 aromatic carbocycles. The molecule has 1 N–H and O–H groups in total. The average Bonchev–Trinajstić information content (AvgIpc) is 2.44. The molecular weight excluding hydrogens is 279 g/mol. The summed E-state index contributed by atoms with van der Waals surface area (Å²) in [7, 11) is -3.70. The summed E-state index contributed by atoms with van der Waals surface area (Å²) in [4.78, 5) is -0.0450. The SMILES string of the molecule is CC[C@@H]1CNS(=O)(=O)c2ccc(C(F)(F)F)cc2C1. The average molecular weight is 293 g/mol. The number of hydrogen-bond acceptors (Lipinski definition) is 2. The minimum absolute atomic E-state index is 0.0134. The first-order valence-electron chi connectivity index (χ1n) is 5.94. The van der Waals surface area contributed by atoms with E-state index >= 15 is 0 Å². The molecular formula is C12H14F3NO2S. The lowest BCUT2D eigenvalue weighted by atomic mass is 9.96. The van der Waals surface area contributed by atoms with E-state index in [1.165, 1.54) is 0 Å². The number of fused-ring (bicyclic) bond motifs is 1. The van der Waals surface area contributed by atoms with Crippen molar-refractivity contribution >= 4 is 10.0 Å². The summed E-state index contributed by atoms with van der Waals surface area (Å²) in [5.74, 6) is 0.0134. The Kier molecular flexibility index (Phi) is 3.61. The van der Waals surface area contributed by atoms with Gasteiger partial charge in [-0.25, -0.2) is 13.1 Å². The van der Waals surface area contributed by atoms with E-state index in [-0.39, 0.29) is 22.9 Å². The molecule has 0 bridgehead atoms. The van der Waals surface area contributed by atoms with Gasteiger partial charge in [-0.05, 0) is 36.1 Å². The largest absolute Gasteiger partial charge is 0.416 e. The third-order valence-electron chi connectivity index (χ3n) is 3.33. The molecule has 0 aromatic heterocycles. The van der Waals surface area contributed by atoms with E-state index in [1.54, 1.807) is 0 Å². The predicted molar refractivity (Wildman–Crippen MR) is 64.1 cm³/mol. The van der Waals surface area contributed by atoms with Crippen LogP contribution in [0, 0.1) is 5.92 Å². The van der Waals surface area contributed by atoms with Crippen molar-refractivity contribution in [3.05, 3.63) is 29.3 Å². The van der Waals surface area contributed by atoms with E-state index in [9.17, 15) is 21.6 Å². The third-order valence-corrected chi connectivity index (χ3v) is 4.85. The minimum Gasteiger partial charge on any atom is -0.211 e. The highest BCUT2D eigenvalue weighted by Crippen LogP contribution is 2.33.